The zero-order valence-electron chi connectivity index (χ0n) is 11.2. The van der Waals surface area contributed by atoms with Gasteiger partial charge in [0.05, 0.1) is 10.6 Å². The van der Waals surface area contributed by atoms with Crippen molar-refractivity contribution in [1.29, 1.82) is 0 Å². The summed E-state index contributed by atoms with van der Waals surface area (Å²) in [5.74, 6) is 0.0825. The van der Waals surface area contributed by atoms with Crippen molar-refractivity contribution in [2.24, 2.45) is 0 Å². The van der Waals surface area contributed by atoms with Crippen LogP contribution in [0.2, 0.25) is 0 Å². The number of phenols is 1. The van der Waals surface area contributed by atoms with Crippen LogP contribution in [0, 0.1) is 6.92 Å². The monoisotopic (exact) mass is 292 g/mol. The molecule has 0 atom stereocenters. The van der Waals surface area contributed by atoms with E-state index in [0.29, 0.717) is 11.4 Å². The lowest BCUT2D eigenvalue weighted by atomic mass is 10.2. The lowest BCUT2D eigenvalue weighted by Gasteiger charge is -2.20. The summed E-state index contributed by atoms with van der Waals surface area (Å²) in [6.07, 6.45) is 0. The molecule has 2 rings (SSSR count). The van der Waals surface area contributed by atoms with Crippen LogP contribution < -0.4 is 10.0 Å². The number of aromatic hydroxyl groups is 1. The molecule has 20 heavy (non-hydrogen) atoms. The molecule has 0 unspecified atom stereocenters. The molecule has 0 radical (unpaired) electrons. The summed E-state index contributed by atoms with van der Waals surface area (Å²) in [6, 6.07) is 10.6. The number of hydrogen-bond donors (Lipinski definition) is 2. The minimum Gasteiger partial charge on any atom is -0.508 e. The number of nitrogens with zero attached hydrogens (tertiary/aromatic N) is 1. The lowest BCUT2D eigenvalue weighted by Crippen LogP contribution is -2.26. The van der Waals surface area contributed by atoms with E-state index in [0.717, 1.165) is 9.87 Å². The largest absolute Gasteiger partial charge is 0.508 e. The smallest absolute Gasteiger partial charge is 0.264 e. The Kier molecular flexibility index (Phi) is 3.59. The number of anilines is 2. The molecule has 2 aromatic carbocycles. The molecule has 0 aliphatic rings. The van der Waals surface area contributed by atoms with Gasteiger partial charge in [0.15, 0.2) is 0 Å². The van der Waals surface area contributed by atoms with Gasteiger partial charge in [-0.2, -0.15) is 0 Å². The van der Waals surface area contributed by atoms with Gasteiger partial charge in [0.2, 0.25) is 0 Å². The minimum atomic E-state index is -3.67. The van der Waals surface area contributed by atoms with Crippen LogP contribution >= 0.6 is 0 Å². The highest BCUT2D eigenvalue weighted by atomic mass is 32.2. The van der Waals surface area contributed by atoms with Crippen molar-refractivity contribution in [2.75, 3.05) is 17.1 Å². The Morgan fingerprint density at radius 3 is 2.25 bits per heavy atom. The van der Waals surface area contributed by atoms with Crippen LogP contribution in [-0.4, -0.2) is 20.6 Å². The minimum absolute atomic E-state index is 0.0825. The van der Waals surface area contributed by atoms with E-state index in [4.69, 9.17) is 5.73 Å². The van der Waals surface area contributed by atoms with E-state index in [2.05, 4.69) is 0 Å². The third-order valence-electron chi connectivity index (χ3n) is 3.12. The molecule has 0 fully saturated rings. The summed E-state index contributed by atoms with van der Waals surface area (Å²) in [5.41, 5.74) is 7.49. The van der Waals surface area contributed by atoms with Crippen LogP contribution in [0.15, 0.2) is 47.4 Å². The maximum atomic E-state index is 12.5. The molecule has 0 heterocycles. The highest BCUT2D eigenvalue weighted by Crippen LogP contribution is 2.25. The average molecular weight is 292 g/mol. The molecule has 0 spiro atoms. The summed E-state index contributed by atoms with van der Waals surface area (Å²) in [4.78, 5) is 0.135. The van der Waals surface area contributed by atoms with E-state index in [1.165, 1.54) is 43.4 Å². The van der Waals surface area contributed by atoms with Crippen molar-refractivity contribution in [3.63, 3.8) is 0 Å². The molecule has 0 saturated carbocycles. The van der Waals surface area contributed by atoms with Crippen molar-refractivity contribution in [2.45, 2.75) is 11.8 Å². The molecule has 106 valence electrons. The highest BCUT2D eigenvalue weighted by Gasteiger charge is 2.21. The van der Waals surface area contributed by atoms with Crippen LogP contribution in [0.5, 0.6) is 5.75 Å². The number of aryl methyl sites for hydroxylation is 1. The van der Waals surface area contributed by atoms with Gasteiger partial charge in [-0.3, -0.25) is 4.31 Å². The number of sulfonamides is 1. The molecule has 0 aliphatic carbocycles. The Morgan fingerprint density at radius 2 is 1.70 bits per heavy atom. The summed E-state index contributed by atoms with van der Waals surface area (Å²) in [6.45, 7) is 1.81. The summed E-state index contributed by atoms with van der Waals surface area (Å²) < 4.78 is 26.1. The third-order valence-corrected chi connectivity index (χ3v) is 4.90. The van der Waals surface area contributed by atoms with E-state index in [-0.39, 0.29) is 10.6 Å². The van der Waals surface area contributed by atoms with Gasteiger partial charge in [0.25, 0.3) is 10.0 Å². The van der Waals surface area contributed by atoms with Gasteiger partial charge in [-0.05, 0) is 48.9 Å². The number of phenolic OH excluding ortho intramolecular Hbond substituents is 1. The second-order valence-electron chi connectivity index (χ2n) is 4.51. The number of nitrogen functional groups attached to an aromatic ring is 1. The standard InChI is InChI=1S/C14H16N2O3S/c1-10-3-8-13(9-14(10)15)20(18,19)16(2)11-4-6-12(17)7-5-11/h3-9,17H,15H2,1-2H3. The number of hydrogen-bond acceptors (Lipinski definition) is 4. The maximum absolute atomic E-state index is 12.5. The van der Waals surface area contributed by atoms with Crippen molar-refractivity contribution >= 4 is 21.4 Å². The SMILES string of the molecule is Cc1ccc(S(=O)(=O)N(C)c2ccc(O)cc2)cc1N. The maximum Gasteiger partial charge on any atom is 0.264 e. The van der Waals surface area contributed by atoms with Crippen molar-refractivity contribution in [1.82, 2.24) is 0 Å². The fourth-order valence-electron chi connectivity index (χ4n) is 1.74. The molecular formula is C14H16N2O3S. The van der Waals surface area contributed by atoms with Crippen LogP contribution in [0.4, 0.5) is 11.4 Å². The summed E-state index contributed by atoms with van der Waals surface area (Å²) in [7, 11) is -2.22. The third kappa shape index (κ3) is 2.55. The first-order valence-corrected chi connectivity index (χ1v) is 7.40. The predicted octanol–water partition coefficient (Wildman–Crippen LogP) is 2.11. The van der Waals surface area contributed by atoms with Gasteiger partial charge >= 0.3 is 0 Å². The molecular weight excluding hydrogens is 276 g/mol. The van der Waals surface area contributed by atoms with Crippen LogP contribution in [-0.2, 0) is 10.0 Å². The van der Waals surface area contributed by atoms with E-state index < -0.39 is 10.0 Å². The first kappa shape index (κ1) is 14.2. The molecule has 5 nitrogen and oxygen atoms in total. The van der Waals surface area contributed by atoms with Crippen molar-refractivity contribution in [3.8, 4) is 5.75 Å². The Balaban J connectivity index is 2.43. The molecule has 0 bridgehead atoms. The van der Waals surface area contributed by atoms with Gasteiger partial charge in [-0.1, -0.05) is 6.07 Å². The fraction of sp³-hybridized carbons (Fsp3) is 0.143. The molecule has 3 N–H and O–H groups in total. The average Bonchev–Trinajstić information content (AvgIpc) is 2.41. The Hall–Kier alpha value is -2.21. The van der Waals surface area contributed by atoms with Gasteiger partial charge in [-0.25, -0.2) is 8.42 Å². The number of rotatable bonds is 3. The van der Waals surface area contributed by atoms with Crippen LogP contribution in [0.3, 0.4) is 0 Å². The Labute approximate surface area is 118 Å². The van der Waals surface area contributed by atoms with Crippen molar-refractivity contribution in [3.05, 3.63) is 48.0 Å². The highest BCUT2D eigenvalue weighted by molar-refractivity contribution is 7.92. The first-order valence-electron chi connectivity index (χ1n) is 5.96. The van der Waals surface area contributed by atoms with E-state index >= 15 is 0 Å². The van der Waals surface area contributed by atoms with E-state index in [9.17, 15) is 13.5 Å². The van der Waals surface area contributed by atoms with Crippen LogP contribution in [0.25, 0.3) is 0 Å². The number of benzene rings is 2. The lowest BCUT2D eigenvalue weighted by molar-refractivity contribution is 0.475. The van der Waals surface area contributed by atoms with Gasteiger partial charge in [0, 0.05) is 12.7 Å². The molecule has 0 amide bonds. The molecule has 6 heteroatoms. The summed E-state index contributed by atoms with van der Waals surface area (Å²) in [5, 5.41) is 9.24. The second kappa shape index (κ2) is 5.05. The summed E-state index contributed by atoms with van der Waals surface area (Å²) >= 11 is 0. The van der Waals surface area contributed by atoms with Gasteiger partial charge in [0.1, 0.15) is 5.75 Å². The van der Waals surface area contributed by atoms with Crippen molar-refractivity contribution < 1.29 is 13.5 Å². The normalized spacial score (nSPS) is 11.3. The number of nitrogens with two attached hydrogens (primary N) is 1. The van der Waals surface area contributed by atoms with Gasteiger partial charge < -0.3 is 10.8 Å². The second-order valence-corrected chi connectivity index (χ2v) is 6.48. The molecule has 0 saturated heterocycles. The topological polar surface area (TPSA) is 83.6 Å². The Morgan fingerprint density at radius 1 is 1.10 bits per heavy atom. The predicted molar refractivity (Wildman–Crippen MR) is 79.3 cm³/mol. The van der Waals surface area contributed by atoms with E-state index in [1.807, 2.05) is 6.92 Å². The van der Waals surface area contributed by atoms with Crippen LogP contribution in [0.1, 0.15) is 5.56 Å². The molecule has 2 aromatic rings. The zero-order valence-corrected chi connectivity index (χ0v) is 12.1. The zero-order chi connectivity index (χ0) is 14.9. The molecule has 0 aromatic heterocycles. The quantitative estimate of drug-likeness (QED) is 0.849. The Bertz CT molecular complexity index is 725. The molecule has 0 aliphatic heterocycles. The van der Waals surface area contributed by atoms with Gasteiger partial charge in [-0.15, -0.1) is 0 Å². The van der Waals surface area contributed by atoms with E-state index in [1.54, 1.807) is 6.07 Å². The first-order chi connectivity index (χ1) is 9.32. The fourth-order valence-corrected chi connectivity index (χ4v) is 2.97.